The van der Waals surface area contributed by atoms with E-state index < -0.39 is 0 Å². The van der Waals surface area contributed by atoms with Crippen molar-refractivity contribution in [3.8, 4) is 0 Å². The number of rotatable bonds is 3. The second-order valence-corrected chi connectivity index (χ2v) is 3.37. The average molecular weight is 155 g/mol. The van der Waals surface area contributed by atoms with Crippen molar-refractivity contribution in [1.29, 1.82) is 0 Å². The molecule has 1 atom stereocenters. The highest BCUT2D eigenvalue weighted by Gasteiger charge is 2.17. The van der Waals surface area contributed by atoms with Gasteiger partial charge in [-0.05, 0) is 26.2 Å². The molecule has 65 valence electrons. The molecule has 0 aliphatic carbocycles. The molecule has 0 amide bonds. The molecule has 1 saturated heterocycles. The van der Waals surface area contributed by atoms with Gasteiger partial charge in [0.2, 0.25) is 0 Å². The summed E-state index contributed by atoms with van der Waals surface area (Å²) in [4.78, 5) is 0. The molecule has 0 bridgehead atoms. The van der Waals surface area contributed by atoms with Crippen LogP contribution in [0.5, 0.6) is 0 Å². The fourth-order valence-electron chi connectivity index (χ4n) is 1.52. The summed E-state index contributed by atoms with van der Waals surface area (Å²) in [6.07, 6.45) is 5.22. The highest BCUT2D eigenvalue weighted by Crippen LogP contribution is 2.14. The van der Waals surface area contributed by atoms with Gasteiger partial charge in [-0.25, -0.2) is 5.01 Å². The lowest BCUT2D eigenvalue weighted by atomic mass is 10.1. The molecule has 1 heterocycles. The lowest BCUT2D eigenvalue weighted by Gasteiger charge is -2.31. The van der Waals surface area contributed by atoms with Gasteiger partial charge in [-0.15, -0.1) is 0 Å². The van der Waals surface area contributed by atoms with Crippen LogP contribution in [0.3, 0.4) is 0 Å². The number of hydrogen-bond acceptors (Lipinski definition) is 1. The lowest BCUT2D eigenvalue weighted by Crippen LogP contribution is -2.43. The molecule has 0 spiro atoms. The van der Waals surface area contributed by atoms with Gasteiger partial charge in [0, 0.05) is 19.1 Å². The Labute approximate surface area is 69.9 Å². The van der Waals surface area contributed by atoms with Crippen molar-refractivity contribution in [3.05, 3.63) is 0 Å². The summed E-state index contributed by atoms with van der Waals surface area (Å²) in [5.74, 6) is 0. The van der Waals surface area contributed by atoms with Crippen LogP contribution in [-0.4, -0.2) is 24.1 Å². The Kier molecular flexibility index (Phi) is 3.87. The normalized spacial score (nSPS) is 27.3. The van der Waals surface area contributed by atoms with Crippen molar-refractivity contribution in [2.45, 2.75) is 45.6 Å². The summed E-state index contributed by atoms with van der Waals surface area (Å²) in [7, 11) is 0. The molecule has 11 heavy (non-hydrogen) atoms. The van der Waals surface area contributed by atoms with E-state index in [2.05, 4.69) is 24.3 Å². The standard InChI is InChI=1S/C9H19N2/c1-3-7-10-11-8-5-4-6-9(11)2/h9H,3-8H2,1-2H3. The lowest BCUT2D eigenvalue weighted by molar-refractivity contribution is 0.0910. The van der Waals surface area contributed by atoms with E-state index in [4.69, 9.17) is 0 Å². The first-order chi connectivity index (χ1) is 5.34. The largest absolute Gasteiger partial charge is 0.224 e. The van der Waals surface area contributed by atoms with Gasteiger partial charge < -0.3 is 0 Å². The van der Waals surface area contributed by atoms with E-state index in [1.807, 2.05) is 0 Å². The van der Waals surface area contributed by atoms with E-state index >= 15 is 0 Å². The zero-order chi connectivity index (χ0) is 8.10. The summed E-state index contributed by atoms with van der Waals surface area (Å²) < 4.78 is 0. The van der Waals surface area contributed by atoms with Gasteiger partial charge in [-0.1, -0.05) is 13.3 Å². The first-order valence-electron chi connectivity index (χ1n) is 4.78. The third-order valence-corrected chi connectivity index (χ3v) is 2.27. The number of nitrogens with zero attached hydrogens (tertiary/aromatic N) is 2. The fraction of sp³-hybridized carbons (Fsp3) is 1.00. The van der Waals surface area contributed by atoms with Crippen LogP contribution in [0, 0.1) is 0 Å². The summed E-state index contributed by atoms with van der Waals surface area (Å²) in [6.45, 7) is 6.64. The monoisotopic (exact) mass is 155 g/mol. The van der Waals surface area contributed by atoms with Crippen LogP contribution in [-0.2, 0) is 0 Å². The van der Waals surface area contributed by atoms with E-state index in [-0.39, 0.29) is 0 Å². The first kappa shape index (κ1) is 9.01. The maximum absolute atomic E-state index is 4.52. The number of hydrogen-bond donors (Lipinski definition) is 0. The smallest absolute Gasteiger partial charge is 0.0304 e. The predicted molar refractivity (Wildman–Crippen MR) is 47.3 cm³/mol. The summed E-state index contributed by atoms with van der Waals surface area (Å²) in [6, 6.07) is 0.690. The molecule has 0 aromatic heterocycles. The van der Waals surface area contributed by atoms with Gasteiger partial charge in [0.05, 0.1) is 0 Å². The van der Waals surface area contributed by atoms with Crippen molar-refractivity contribution in [1.82, 2.24) is 10.4 Å². The molecule has 1 radical (unpaired) electrons. The van der Waals surface area contributed by atoms with Crippen molar-refractivity contribution in [2.75, 3.05) is 13.1 Å². The summed E-state index contributed by atoms with van der Waals surface area (Å²) in [5.41, 5.74) is 4.52. The SMILES string of the molecule is CCC[N]N1CCCCC1C. The summed E-state index contributed by atoms with van der Waals surface area (Å²) >= 11 is 0. The van der Waals surface area contributed by atoms with E-state index in [1.165, 1.54) is 32.2 Å². The van der Waals surface area contributed by atoms with Gasteiger partial charge in [-0.3, -0.25) is 0 Å². The highest BCUT2D eigenvalue weighted by molar-refractivity contribution is 4.69. The maximum atomic E-state index is 4.52. The van der Waals surface area contributed by atoms with Crippen LogP contribution in [0.25, 0.3) is 0 Å². The Bertz CT molecular complexity index is 104. The molecule has 2 heteroatoms. The van der Waals surface area contributed by atoms with Gasteiger partial charge in [0.15, 0.2) is 0 Å². The predicted octanol–water partition coefficient (Wildman–Crippen LogP) is 1.79. The minimum Gasteiger partial charge on any atom is -0.224 e. The van der Waals surface area contributed by atoms with Crippen LogP contribution >= 0.6 is 0 Å². The maximum Gasteiger partial charge on any atom is 0.0304 e. The zero-order valence-corrected chi connectivity index (χ0v) is 7.71. The summed E-state index contributed by atoms with van der Waals surface area (Å²) in [5, 5.41) is 2.27. The minimum atomic E-state index is 0.690. The van der Waals surface area contributed by atoms with Crippen LogP contribution in [0.2, 0.25) is 0 Å². The molecule has 1 aliphatic heterocycles. The average Bonchev–Trinajstić information content (AvgIpc) is 2.03. The van der Waals surface area contributed by atoms with Crippen molar-refractivity contribution < 1.29 is 0 Å². The van der Waals surface area contributed by atoms with E-state index in [0.717, 1.165) is 6.54 Å². The van der Waals surface area contributed by atoms with E-state index in [0.29, 0.717) is 6.04 Å². The second kappa shape index (κ2) is 4.73. The molecule has 1 unspecified atom stereocenters. The van der Waals surface area contributed by atoms with Crippen molar-refractivity contribution >= 4 is 0 Å². The molecule has 0 aromatic carbocycles. The second-order valence-electron chi connectivity index (χ2n) is 3.37. The fourth-order valence-corrected chi connectivity index (χ4v) is 1.52. The molecule has 0 saturated carbocycles. The quantitative estimate of drug-likeness (QED) is 0.607. The van der Waals surface area contributed by atoms with Crippen LogP contribution in [0.4, 0.5) is 0 Å². The highest BCUT2D eigenvalue weighted by atomic mass is 15.5. The van der Waals surface area contributed by atoms with Crippen LogP contribution < -0.4 is 5.43 Å². The Hall–Kier alpha value is -0.0800. The molecule has 1 aliphatic rings. The van der Waals surface area contributed by atoms with Gasteiger partial charge >= 0.3 is 0 Å². The first-order valence-corrected chi connectivity index (χ1v) is 4.78. The molecule has 1 fully saturated rings. The van der Waals surface area contributed by atoms with Gasteiger partial charge in [0.25, 0.3) is 0 Å². The molecule has 2 nitrogen and oxygen atoms in total. The van der Waals surface area contributed by atoms with Gasteiger partial charge in [0.1, 0.15) is 0 Å². The third-order valence-electron chi connectivity index (χ3n) is 2.27. The minimum absolute atomic E-state index is 0.690. The Balaban J connectivity index is 2.18. The van der Waals surface area contributed by atoms with Crippen molar-refractivity contribution in [3.63, 3.8) is 0 Å². The van der Waals surface area contributed by atoms with E-state index in [9.17, 15) is 0 Å². The Morgan fingerprint density at radius 2 is 2.27 bits per heavy atom. The van der Waals surface area contributed by atoms with Crippen LogP contribution in [0.1, 0.15) is 39.5 Å². The molecule has 1 rings (SSSR count). The van der Waals surface area contributed by atoms with Crippen molar-refractivity contribution in [2.24, 2.45) is 0 Å². The molecular formula is C9H19N2. The van der Waals surface area contributed by atoms with Crippen LogP contribution in [0.15, 0.2) is 0 Å². The zero-order valence-electron chi connectivity index (χ0n) is 7.71. The molecule has 0 aromatic rings. The molecule has 0 N–H and O–H groups in total. The topological polar surface area (TPSA) is 17.3 Å². The van der Waals surface area contributed by atoms with E-state index in [1.54, 1.807) is 0 Å². The Morgan fingerprint density at radius 3 is 2.91 bits per heavy atom. The third kappa shape index (κ3) is 2.80. The molecular weight excluding hydrogens is 136 g/mol. The Morgan fingerprint density at radius 1 is 1.45 bits per heavy atom. The number of piperidine rings is 1. The van der Waals surface area contributed by atoms with Gasteiger partial charge in [-0.2, -0.15) is 5.43 Å².